The topological polar surface area (TPSA) is 131 Å². The highest BCUT2D eigenvalue weighted by Crippen LogP contribution is 2.75. The normalized spacial score (nSPS) is 41.8. The molecule has 0 amide bonds. The van der Waals surface area contributed by atoms with Crippen molar-refractivity contribution >= 4 is 0 Å². The predicted octanol–water partition coefficient (Wildman–Crippen LogP) is 3.12. The fourth-order valence-electron chi connectivity index (χ4n) is 8.20. The summed E-state index contributed by atoms with van der Waals surface area (Å²) in [6.45, 7) is 6.79. The first-order chi connectivity index (χ1) is 12.5. The van der Waals surface area contributed by atoms with Crippen molar-refractivity contribution in [3.63, 3.8) is 0 Å². The van der Waals surface area contributed by atoms with Gasteiger partial charge in [0.05, 0.1) is 0 Å². The van der Waals surface area contributed by atoms with Gasteiger partial charge in [-0.05, 0) is 72.6 Å². The number of hydrogen-bond donors (Lipinski definition) is 1. The third-order valence-corrected chi connectivity index (χ3v) is 7.42. The molecule has 4 atom stereocenters. The third kappa shape index (κ3) is 3.58. The Bertz CT molecular complexity index is 608. The molecule has 9 heteroatoms. The average molecular weight is 385 g/mol. The van der Waals surface area contributed by atoms with E-state index < -0.39 is 22.9 Å². The van der Waals surface area contributed by atoms with Crippen LogP contribution in [-0.2, 0) is 9.68 Å². The number of nitrogens with zero attached hydrogens (tertiary/aromatic N) is 2. The van der Waals surface area contributed by atoms with Gasteiger partial charge < -0.3 is 15.4 Å². The van der Waals surface area contributed by atoms with Crippen LogP contribution in [0.1, 0.15) is 65.7 Å². The maximum atomic E-state index is 11.1. The summed E-state index contributed by atoms with van der Waals surface area (Å²) in [5.74, 6) is -0.187. The zero-order valence-corrected chi connectivity index (χ0v) is 16.4. The second kappa shape index (κ2) is 6.46. The van der Waals surface area contributed by atoms with Crippen LogP contribution in [0, 0.1) is 47.8 Å². The van der Waals surface area contributed by atoms with Gasteiger partial charge in [-0.2, -0.15) is 0 Å². The van der Waals surface area contributed by atoms with E-state index in [4.69, 9.17) is 10.6 Å². The molecule has 27 heavy (non-hydrogen) atoms. The predicted molar refractivity (Wildman–Crippen MR) is 96.4 cm³/mol. The first-order valence-corrected chi connectivity index (χ1v) is 9.77. The summed E-state index contributed by atoms with van der Waals surface area (Å²) < 4.78 is 0. The second-order valence-corrected chi connectivity index (χ2v) is 10.2. The molecule has 0 saturated heterocycles. The van der Waals surface area contributed by atoms with Crippen molar-refractivity contribution in [1.29, 1.82) is 0 Å². The largest absolute Gasteiger partial charge is 0.330 e. The van der Waals surface area contributed by atoms with Crippen molar-refractivity contribution in [3.05, 3.63) is 20.2 Å². The van der Waals surface area contributed by atoms with Crippen LogP contribution in [0.15, 0.2) is 0 Å². The first-order valence-electron chi connectivity index (χ1n) is 9.77. The van der Waals surface area contributed by atoms with Crippen molar-refractivity contribution in [2.45, 2.75) is 71.8 Å². The summed E-state index contributed by atoms with van der Waals surface area (Å²) >= 11 is 0. The van der Waals surface area contributed by atoms with Gasteiger partial charge in [0, 0.05) is 0 Å². The van der Waals surface area contributed by atoms with Crippen LogP contribution in [0.3, 0.4) is 0 Å². The zero-order valence-electron chi connectivity index (χ0n) is 16.4. The monoisotopic (exact) mass is 385 g/mol. The smallest absolute Gasteiger partial charge is 0.294 e. The Labute approximate surface area is 159 Å². The van der Waals surface area contributed by atoms with Crippen LogP contribution in [0.4, 0.5) is 0 Å². The van der Waals surface area contributed by atoms with Gasteiger partial charge in [-0.1, -0.05) is 27.2 Å². The van der Waals surface area contributed by atoms with Gasteiger partial charge in [0.2, 0.25) is 0 Å². The van der Waals surface area contributed by atoms with Gasteiger partial charge in [-0.3, -0.25) is 0 Å². The van der Waals surface area contributed by atoms with Crippen molar-refractivity contribution < 1.29 is 19.8 Å². The van der Waals surface area contributed by atoms with Gasteiger partial charge in [-0.15, -0.1) is 20.2 Å². The highest BCUT2D eigenvalue weighted by Gasteiger charge is 2.67. The van der Waals surface area contributed by atoms with Gasteiger partial charge in [0.1, 0.15) is 12.7 Å². The van der Waals surface area contributed by atoms with Gasteiger partial charge in [-0.25, -0.2) is 0 Å². The van der Waals surface area contributed by atoms with E-state index in [2.05, 4.69) is 18.7 Å². The molecule has 4 saturated carbocycles. The summed E-state index contributed by atoms with van der Waals surface area (Å²) in [6.07, 6.45) is 5.87. The van der Waals surface area contributed by atoms with Gasteiger partial charge in [0.25, 0.3) is 10.2 Å². The van der Waals surface area contributed by atoms with Crippen LogP contribution < -0.4 is 5.73 Å². The molecule has 4 fully saturated rings. The summed E-state index contributed by atoms with van der Waals surface area (Å²) in [7, 11) is 0. The van der Waals surface area contributed by atoms with Crippen molar-refractivity contribution in [3.8, 4) is 0 Å². The van der Waals surface area contributed by atoms with Gasteiger partial charge in [0.15, 0.2) is 0 Å². The fourth-order valence-corrected chi connectivity index (χ4v) is 8.20. The molecule has 0 aliphatic heterocycles. The maximum absolute atomic E-state index is 11.1. The Hall–Kier alpha value is -1.64. The minimum Gasteiger partial charge on any atom is -0.330 e. The molecule has 0 radical (unpaired) electrons. The molecule has 0 heterocycles. The number of nitrogens with two attached hydrogens (primary N) is 1. The highest BCUT2D eigenvalue weighted by molar-refractivity contribution is 5.17. The molecule has 4 aliphatic carbocycles. The van der Waals surface area contributed by atoms with E-state index in [1.807, 2.05) is 6.92 Å². The van der Waals surface area contributed by atoms with Crippen LogP contribution in [0.25, 0.3) is 0 Å². The lowest BCUT2D eigenvalue weighted by Crippen LogP contribution is -2.64. The minimum absolute atomic E-state index is 0.0504. The molecule has 4 aliphatic rings. The lowest BCUT2D eigenvalue weighted by Gasteiger charge is -2.71. The zero-order chi connectivity index (χ0) is 20.1. The molecule has 9 nitrogen and oxygen atoms in total. The number of rotatable bonds is 9. The maximum Gasteiger partial charge on any atom is 0.294 e. The molecule has 4 bridgehead atoms. The quantitative estimate of drug-likeness (QED) is 0.476. The van der Waals surface area contributed by atoms with E-state index in [1.54, 1.807) is 0 Å². The summed E-state index contributed by atoms with van der Waals surface area (Å²) in [4.78, 5) is 31.2. The average Bonchev–Trinajstić information content (AvgIpc) is 2.48. The van der Waals surface area contributed by atoms with Crippen LogP contribution in [0.2, 0.25) is 0 Å². The molecule has 4 rings (SSSR count). The van der Waals surface area contributed by atoms with E-state index in [-0.39, 0.29) is 27.6 Å². The summed E-state index contributed by atoms with van der Waals surface area (Å²) in [5.41, 5.74) is 6.44. The fraction of sp³-hybridized carbons (Fsp3) is 1.00. The molecule has 0 spiro atoms. The van der Waals surface area contributed by atoms with E-state index >= 15 is 0 Å². The Morgan fingerprint density at radius 3 is 2.04 bits per heavy atom. The molecule has 0 aromatic carbocycles. The molecule has 2 N–H and O–H groups in total. The summed E-state index contributed by atoms with van der Waals surface area (Å²) in [6, 6.07) is 0. The van der Waals surface area contributed by atoms with E-state index in [0.29, 0.717) is 13.0 Å². The molecule has 0 aromatic rings. The standard InChI is InChI=1S/C18H31N3O6/c1-4-13(14(27-21(24)25)5-26-20(22)23)18-9-15(2)6-16(3,10-18)8-17(7-15,11-18)12-19/h13-14H,4-12,19H2,1-3H3. The first kappa shape index (κ1) is 20.1. The van der Waals surface area contributed by atoms with Gasteiger partial charge >= 0.3 is 0 Å². The van der Waals surface area contributed by atoms with E-state index in [0.717, 1.165) is 38.5 Å². The molecule has 0 aromatic heterocycles. The number of hydrogen-bond acceptors (Lipinski definition) is 7. The lowest BCUT2D eigenvalue weighted by molar-refractivity contribution is -0.792. The van der Waals surface area contributed by atoms with Crippen molar-refractivity contribution in [2.75, 3.05) is 13.2 Å². The molecule has 154 valence electrons. The molecule has 4 unspecified atom stereocenters. The highest BCUT2D eigenvalue weighted by atomic mass is 17.0. The second-order valence-electron chi connectivity index (χ2n) is 10.2. The van der Waals surface area contributed by atoms with Crippen molar-refractivity contribution in [1.82, 2.24) is 0 Å². The summed E-state index contributed by atoms with van der Waals surface area (Å²) in [5, 5.41) is 20.0. The van der Waals surface area contributed by atoms with Crippen LogP contribution >= 0.6 is 0 Å². The SMILES string of the molecule is CCC(C(CO[N+](=O)[O-])O[N+](=O)[O-])C12CC3(C)CC(C)(CC(CN)(C3)C1)C2. The Morgan fingerprint density at radius 1 is 1.00 bits per heavy atom. The molecular formula is C18H31N3O6. The van der Waals surface area contributed by atoms with Crippen LogP contribution in [-0.4, -0.2) is 29.4 Å². The Balaban J connectivity index is 1.97. The lowest BCUT2D eigenvalue weighted by atomic mass is 9.34. The van der Waals surface area contributed by atoms with Crippen molar-refractivity contribution in [2.24, 2.45) is 33.3 Å². The van der Waals surface area contributed by atoms with E-state index in [1.165, 1.54) is 0 Å². The Morgan fingerprint density at radius 2 is 1.59 bits per heavy atom. The minimum atomic E-state index is -0.950. The van der Waals surface area contributed by atoms with E-state index in [9.17, 15) is 20.2 Å². The van der Waals surface area contributed by atoms with Crippen LogP contribution in [0.5, 0.6) is 0 Å². The molecular weight excluding hydrogens is 354 g/mol. The Kier molecular flexibility index (Phi) is 4.81. The third-order valence-electron chi connectivity index (χ3n) is 7.42.